The highest BCUT2D eigenvalue weighted by Crippen LogP contribution is 2.26. The fourth-order valence-electron chi connectivity index (χ4n) is 3.27. The zero-order chi connectivity index (χ0) is 18.1. The van der Waals surface area contributed by atoms with Gasteiger partial charge in [-0.05, 0) is 44.9 Å². The first kappa shape index (κ1) is 16.3. The van der Waals surface area contributed by atoms with Crippen molar-refractivity contribution in [1.82, 2.24) is 15.1 Å². The van der Waals surface area contributed by atoms with Gasteiger partial charge in [-0.25, -0.2) is 0 Å². The molecule has 5 nitrogen and oxygen atoms in total. The fourth-order valence-corrected chi connectivity index (χ4v) is 3.27. The van der Waals surface area contributed by atoms with Gasteiger partial charge in [-0.15, -0.1) is 0 Å². The third-order valence-corrected chi connectivity index (χ3v) is 4.61. The lowest BCUT2D eigenvalue weighted by Crippen LogP contribution is -2.13. The third-order valence-electron chi connectivity index (χ3n) is 4.61. The molecule has 0 aliphatic heterocycles. The molecule has 1 N–H and O–H groups in total. The normalized spacial score (nSPS) is 11.2. The maximum absolute atomic E-state index is 12.2. The molecule has 0 aliphatic carbocycles. The maximum atomic E-state index is 12.2. The Morgan fingerprint density at radius 3 is 2.73 bits per heavy atom. The summed E-state index contributed by atoms with van der Waals surface area (Å²) in [5.41, 5.74) is 5.29. The maximum Gasteiger partial charge on any atom is 0.251 e. The number of aromatic nitrogens is 3. The summed E-state index contributed by atoms with van der Waals surface area (Å²) in [6.45, 7) is 3.77. The molecule has 0 fully saturated rings. The quantitative estimate of drug-likeness (QED) is 0.607. The molecule has 3 aromatic heterocycles. The predicted molar refractivity (Wildman–Crippen MR) is 101 cm³/mol. The Balaban J connectivity index is 1.61. The lowest BCUT2D eigenvalue weighted by atomic mass is 10.0. The highest BCUT2D eigenvalue weighted by atomic mass is 16.5. The number of para-hydroxylation sites is 1. The Morgan fingerprint density at radius 1 is 1.08 bits per heavy atom. The summed E-state index contributed by atoms with van der Waals surface area (Å²) in [7, 11) is 0. The third kappa shape index (κ3) is 3.04. The summed E-state index contributed by atoms with van der Waals surface area (Å²) in [6.07, 6.45) is 3.05. The van der Waals surface area contributed by atoms with Crippen LogP contribution in [-0.2, 0) is 12.8 Å². The molecule has 0 saturated heterocycles. The van der Waals surface area contributed by atoms with Crippen molar-refractivity contribution in [1.29, 1.82) is 0 Å². The predicted octanol–water partition coefficient (Wildman–Crippen LogP) is 3.98. The Labute approximate surface area is 150 Å². The first-order valence-electron chi connectivity index (χ1n) is 8.61. The van der Waals surface area contributed by atoms with E-state index in [1.54, 1.807) is 6.20 Å². The fraction of sp³-hybridized carbons (Fsp3) is 0.190. The van der Waals surface area contributed by atoms with Gasteiger partial charge in [0.2, 0.25) is 0 Å². The van der Waals surface area contributed by atoms with E-state index in [4.69, 9.17) is 4.52 Å². The van der Waals surface area contributed by atoms with Crippen LogP contribution in [0.2, 0.25) is 0 Å². The van der Waals surface area contributed by atoms with Crippen molar-refractivity contribution in [3.8, 4) is 11.1 Å². The van der Waals surface area contributed by atoms with E-state index in [0.717, 1.165) is 44.7 Å². The summed E-state index contributed by atoms with van der Waals surface area (Å²) >= 11 is 0. The van der Waals surface area contributed by atoms with Crippen molar-refractivity contribution in [3.05, 3.63) is 81.7 Å². The number of nitrogens with one attached hydrogen (secondary N) is 1. The van der Waals surface area contributed by atoms with Crippen LogP contribution in [0.4, 0.5) is 0 Å². The number of fused-ring (bicyclic) bond motifs is 1. The second-order valence-electron chi connectivity index (χ2n) is 6.44. The Morgan fingerprint density at radius 2 is 1.92 bits per heavy atom. The van der Waals surface area contributed by atoms with E-state index in [0.29, 0.717) is 12.8 Å². The summed E-state index contributed by atoms with van der Waals surface area (Å²) < 4.78 is 5.24. The summed E-state index contributed by atoms with van der Waals surface area (Å²) in [5, 5.41) is 5.11. The van der Waals surface area contributed by atoms with Crippen molar-refractivity contribution in [2.24, 2.45) is 0 Å². The molecule has 0 bridgehead atoms. The van der Waals surface area contributed by atoms with Gasteiger partial charge in [0.15, 0.2) is 0 Å². The van der Waals surface area contributed by atoms with E-state index in [2.05, 4.69) is 21.2 Å². The van der Waals surface area contributed by atoms with Crippen LogP contribution in [0.5, 0.6) is 0 Å². The van der Waals surface area contributed by atoms with E-state index < -0.39 is 0 Å². The van der Waals surface area contributed by atoms with Gasteiger partial charge in [0, 0.05) is 34.0 Å². The minimum absolute atomic E-state index is 0.0682. The molecule has 0 radical (unpaired) electrons. The Kier molecular flexibility index (Phi) is 4.13. The van der Waals surface area contributed by atoms with Gasteiger partial charge < -0.3 is 9.51 Å². The van der Waals surface area contributed by atoms with Gasteiger partial charge in [-0.3, -0.25) is 9.78 Å². The molecule has 26 heavy (non-hydrogen) atoms. The molecule has 1 aromatic carbocycles. The highest BCUT2D eigenvalue weighted by Gasteiger charge is 2.13. The molecule has 4 aromatic rings. The Bertz CT molecular complexity index is 1120. The van der Waals surface area contributed by atoms with Gasteiger partial charge >= 0.3 is 0 Å². The number of pyridine rings is 2. The average Bonchev–Trinajstić information content (AvgIpc) is 2.99. The first-order chi connectivity index (χ1) is 12.6. The topological polar surface area (TPSA) is 71.8 Å². The number of rotatable bonds is 4. The summed E-state index contributed by atoms with van der Waals surface area (Å²) in [4.78, 5) is 19.7. The van der Waals surface area contributed by atoms with Crippen molar-refractivity contribution in [2.75, 3.05) is 0 Å². The Hall–Kier alpha value is -3.21. The van der Waals surface area contributed by atoms with Crippen LogP contribution < -0.4 is 5.56 Å². The minimum Gasteiger partial charge on any atom is -0.361 e. The van der Waals surface area contributed by atoms with E-state index in [1.807, 2.05) is 50.2 Å². The molecule has 3 heterocycles. The van der Waals surface area contributed by atoms with Crippen LogP contribution in [0.15, 0.2) is 58.0 Å². The summed E-state index contributed by atoms with van der Waals surface area (Å²) in [6, 6.07) is 14.1. The monoisotopic (exact) mass is 345 g/mol. The zero-order valence-corrected chi connectivity index (χ0v) is 14.7. The number of aryl methyl sites for hydroxylation is 4. The number of hydrogen-bond donors (Lipinski definition) is 1. The van der Waals surface area contributed by atoms with Crippen LogP contribution in [-0.4, -0.2) is 15.1 Å². The van der Waals surface area contributed by atoms with Gasteiger partial charge in [0.1, 0.15) is 5.76 Å². The van der Waals surface area contributed by atoms with Crippen molar-refractivity contribution in [2.45, 2.75) is 26.7 Å². The molecule has 0 saturated carbocycles. The minimum atomic E-state index is -0.0682. The number of hydrogen-bond acceptors (Lipinski definition) is 4. The van der Waals surface area contributed by atoms with Crippen LogP contribution >= 0.6 is 0 Å². The zero-order valence-electron chi connectivity index (χ0n) is 14.7. The number of H-pyrrole nitrogens is 1. The molecule has 4 rings (SSSR count). The molecule has 5 heteroatoms. The van der Waals surface area contributed by atoms with Crippen molar-refractivity contribution in [3.63, 3.8) is 0 Å². The second-order valence-corrected chi connectivity index (χ2v) is 6.44. The van der Waals surface area contributed by atoms with Crippen molar-refractivity contribution < 1.29 is 4.52 Å². The van der Waals surface area contributed by atoms with Crippen LogP contribution in [0.1, 0.15) is 22.7 Å². The van der Waals surface area contributed by atoms with Gasteiger partial charge in [0.05, 0.1) is 11.2 Å². The highest BCUT2D eigenvalue weighted by molar-refractivity contribution is 5.78. The van der Waals surface area contributed by atoms with E-state index in [1.165, 1.54) is 0 Å². The average molecular weight is 345 g/mol. The lowest BCUT2D eigenvalue weighted by molar-refractivity contribution is 0.393. The SMILES string of the molecule is Cc1noc(C)c1-c1c[nH]c(=O)c(CCc2ccc3ccccc3n2)c1. The van der Waals surface area contributed by atoms with E-state index in [9.17, 15) is 4.79 Å². The molecular formula is C21H19N3O2. The van der Waals surface area contributed by atoms with Crippen LogP contribution in [0.25, 0.3) is 22.0 Å². The number of aromatic amines is 1. The molecular weight excluding hydrogens is 326 g/mol. The molecule has 0 spiro atoms. The standard InChI is InChI=1S/C21H19N3O2/c1-13-20(14(2)26-24-13)17-11-16(21(25)22-12-17)8-10-18-9-7-15-5-3-4-6-19(15)23-18/h3-7,9,11-12H,8,10H2,1-2H3,(H,22,25). The molecule has 0 amide bonds. The molecule has 0 aliphatic rings. The van der Waals surface area contributed by atoms with Gasteiger partial charge in [-0.2, -0.15) is 0 Å². The first-order valence-corrected chi connectivity index (χ1v) is 8.61. The van der Waals surface area contributed by atoms with Crippen molar-refractivity contribution >= 4 is 10.9 Å². The number of nitrogens with zero attached hydrogens (tertiary/aromatic N) is 2. The van der Waals surface area contributed by atoms with Gasteiger partial charge in [0.25, 0.3) is 5.56 Å². The van der Waals surface area contributed by atoms with E-state index >= 15 is 0 Å². The largest absolute Gasteiger partial charge is 0.361 e. The lowest BCUT2D eigenvalue weighted by Gasteiger charge is -2.06. The molecule has 0 atom stereocenters. The molecule has 130 valence electrons. The second kappa shape index (κ2) is 6.59. The van der Waals surface area contributed by atoms with Crippen LogP contribution in [0.3, 0.4) is 0 Å². The van der Waals surface area contributed by atoms with E-state index in [-0.39, 0.29) is 5.56 Å². The smallest absolute Gasteiger partial charge is 0.251 e. The van der Waals surface area contributed by atoms with Crippen LogP contribution in [0, 0.1) is 13.8 Å². The number of benzene rings is 1. The summed E-state index contributed by atoms with van der Waals surface area (Å²) in [5.74, 6) is 0.747. The van der Waals surface area contributed by atoms with Gasteiger partial charge in [-0.1, -0.05) is 29.4 Å². The molecule has 0 unspecified atom stereocenters.